The zero-order valence-corrected chi connectivity index (χ0v) is 33.4. The predicted molar refractivity (Wildman–Crippen MR) is 230 cm³/mol. The molecule has 5 N–H and O–H groups in total. The first-order chi connectivity index (χ1) is 27.9. The maximum absolute atomic E-state index is 12.6. The molecule has 1 aromatic heterocycles. The Labute approximate surface area is 342 Å². The molecule has 0 saturated carbocycles. The van der Waals surface area contributed by atoms with Gasteiger partial charge in [0, 0.05) is 37.1 Å². The molecule has 11 heteroatoms. The average molecular weight is 801 g/mol. The number of carbonyl (C=O) groups is 2. The van der Waals surface area contributed by atoms with Crippen LogP contribution in [0.1, 0.15) is 79.6 Å². The first-order valence-corrected chi connectivity index (χ1v) is 21.3. The van der Waals surface area contributed by atoms with E-state index in [0.29, 0.717) is 37.2 Å². The van der Waals surface area contributed by atoms with E-state index in [-0.39, 0.29) is 30.6 Å². The van der Waals surface area contributed by atoms with E-state index < -0.39 is 6.29 Å². The first-order valence-electron chi connectivity index (χ1n) is 19.5. The summed E-state index contributed by atoms with van der Waals surface area (Å²) >= 11 is 3.42. The van der Waals surface area contributed by atoms with E-state index in [2.05, 4.69) is 53.1 Å². The van der Waals surface area contributed by atoms with Gasteiger partial charge in [-0.2, -0.15) is 0 Å². The van der Waals surface area contributed by atoms with E-state index in [4.69, 9.17) is 20.2 Å². The summed E-state index contributed by atoms with van der Waals surface area (Å²) in [6.45, 7) is 0.454. The zero-order valence-electron chi connectivity index (χ0n) is 31.8. The van der Waals surface area contributed by atoms with Crippen molar-refractivity contribution in [1.29, 1.82) is 0 Å². The number of amides is 2. The van der Waals surface area contributed by atoms with E-state index >= 15 is 0 Å². The van der Waals surface area contributed by atoms with Crippen LogP contribution in [0, 0.1) is 0 Å². The molecule has 0 bridgehead atoms. The Morgan fingerprint density at radius 3 is 2.28 bits per heavy atom. The molecule has 1 aliphatic rings. The molecule has 7 rings (SSSR count). The Morgan fingerprint density at radius 1 is 0.772 bits per heavy atom. The number of hydrogen-bond acceptors (Lipinski definition) is 9. The van der Waals surface area contributed by atoms with Gasteiger partial charge in [0.25, 0.3) is 0 Å². The predicted octanol–water partition coefficient (Wildman–Crippen LogP) is 9.97. The van der Waals surface area contributed by atoms with Crippen LogP contribution in [-0.2, 0) is 32.2 Å². The number of nitrogens with zero attached hydrogens (tertiary/aromatic N) is 1. The average Bonchev–Trinajstić information content (AvgIpc) is 3.68. The van der Waals surface area contributed by atoms with Crippen molar-refractivity contribution in [2.75, 3.05) is 16.8 Å². The third-order valence-corrected chi connectivity index (χ3v) is 12.3. The second-order valence-corrected chi connectivity index (χ2v) is 16.6. The van der Waals surface area contributed by atoms with Gasteiger partial charge in [0.05, 0.1) is 40.4 Å². The van der Waals surface area contributed by atoms with Crippen LogP contribution < -0.4 is 16.4 Å². The van der Waals surface area contributed by atoms with Crippen molar-refractivity contribution in [2.45, 2.75) is 80.9 Å². The standard InChI is InChI=1S/C46H48N4O5S2/c47-38-12-5-6-13-39(38)49-44(53)17-4-2-1-3-16-43(52)48-28-32-10-9-11-36(26-32)33-22-24-35(25-23-33)45-54-37(27-41(55-45)34-20-18-31(29-51)19-21-34)30-56-46-50-40-14-7-8-15-42(40)57-46/h5-15,18-26,37,41,45,51H,1-4,16-17,27-30,47H2,(H,48,52)(H,49,53). The number of rotatable bonds is 17. The Balaban J connectivity index is 0.898. The van der Waals surface area contributed by atoms with E-state index in [1.54, 1.807) is 35.2 Å². The molecule has 9 nitrogen and oxygen atoms in total. The first kappa shape index (κ1) is 40.2. The van der Waals surface area contributed by atoms with Gasteiger partial charge in [0.15, 0.2) is 10.6 Å². The number of ether oxygens (including phenoxy) is 2. The summed E-state index contributed by atoms with van der Waals surface area (Å²) in [4.78, 5) is 29.7. The molecule has 3 unspecified atom stereocenters. The van der Waals surface area contributed by atoms with Gasteiger partial charge in [-0.25, -0.2) is 4.98 Å². The largest absolute Gasteiger partial charge is 0.397 e. The van der Waals surface area contributed by atoms with E-state index in [0.717, 1.165) is 74.7 Å². The minimum atomic E-state index is -0.545. The number of aromatic nitrogens is 1. The van der Waals surface area contributed by atoms with Gasteiger partial charge in [0.1, 0.15) is 0 Å². The van der Waals surface area contributed by atoms with Crippen molar-refractivity contribution < 1.29 is 24.2 Å². The number of aliphatic hydroxyl groups is 1. The van der Waals surface area contributed by atoms with Crippen molar-refractivity contribution in [3.63, 3.8) is 0 Å². The number of nitrogen functional groups attached to an aromatic ring is 1. The Bertz CT molecular complexity index is 2210. The molecule has 5 aromatic carbocycles. The summed E-state index contributed by atoms with van der Waals surface area (Å²) in [6, 6.07) is 39.9. The molecule has 0 aliphatic carbocycles. The molecule has 3 atom stereocenters. The normalized spacial score (nSPS) is 16.7. The van der Waals surface area contributed by atoms with Gasteiger partial charge in [0.2, 0.25) is 11.8 Å². The van der Waals surface area contributed by atoms with Crippen LogP contribution in [0.15, 0.2) is 126 Å². The maximum atomic E-state index is 12.6. The quantitative estimate of drug-likeness (QED) is 0.0407. The summed E-state index contributed by atoms with van der Waals surface area (Å²) in [5, 5.41) is 15.5. The van der Waals surface area contributed by atoms with Crippen LogP contribution in [0.5, 0.6) is 0 Å². The Hall–Kier alpha value is -5.04. The molecule has 2 amide bonds. The fourth-order valence-electron chi connectivity index (χ4n) is 6.83. The molecule has 1 fully saturated rings. The van der Waals surface area contributed by atoms with E-state index in [1.807, 2.05) is 66.7 Å². The van der Waals surface area contributed by atoms with Crippen LogP contribution in [0.2, 0.25) is 0 Å². The third kappa shape index (κ3) is 11.3. The summed E-state index contributed by atoms with van der Waals surface area (Å²) in [7, 11) is 0. The maximum Gasteiger partial charge on any atom is 0.224 e. The molecule has 6 aromatic rings. The number of unbranched alkanes of at least 4 members (excludes halogenated alkanes) is 3. The number of hydrogen-bond donors (Lipinski definition) is 4. The Morgan fingerprint density at radius 2 is 1.51 bits per heavy atom. The lowest BCUT2D eigenvalue weighted by Crippen LogP contribution is -2.31. The highest BCUT2D eigenvalue weighted by atomic mass is 32.2. The number of thiazole rings is 1. The van der Waals surface area contributed by atoms with Crippen LogP contribution in [-0.4, -0.2) is 33.8 Å². The molecule has 1 saturated heterocycles. The molecule has 1 aliphatic heterocycles. The highest BCUT2D eigenvalue weighted by molar-refractivity contribution is 8.01. The van der Waals surface area contributed by atoms with Crippen molar-refractivity contribution >= 4 is 56.5 Å². The number of aliphatic hydroxyl groups excluding tert-OH is 1. The summed E-state index contributed by atoms with van der Waals surface area (Å²) < 4.78 is 15.4. The minimum absolute atomic E-state index is 0.00105. The summed E-state index contributed by atoms with van der Waals surface area (Å²) in [6.07, 6.45) is 4.13. The molecular weight excluding hydrogens is 753 g/mol. The van der Waals surface area contributed by atoms with Gasteiger partial charge in [-0.1, -0.05) is 116 Å². The van der Waals surface area contributed by atoms with Crippen LogP contribution in [0.25, 0.3) is 21.3 Å². The van der Waals surface area contributed by atoms with Gasteiger partial charge < -0.3 is 30.9 Å². The fraction of sp³-hybridized carbons (Fsp3) is 0.283. The third-order valence-electron chi connectivity index (χ3n) is 10.0. The number of nitrogens with two attached hydrogens (primary N) is 1. The second-order valence-electron chi connectivity index (χ2n) is 14.3. The SMILES string of the molecule is Nc1ccccc1NC(=O)CCCCCCC(=O)NCc1cccc(-c2ccc(C3OC(CSc4nc5ccccc5s4)CC(c4ccc(CO)cc4)O3)cc2)c1. The van der Waals surface area contributed by atoms with Crippen LogP contribution in [0.3, 0.4) is 0 Å². The molecule has 57 heavy (non-hydrogen) atoms. The highest BCUT2D eigenvalue weighted by Gasteiger charge is 2.32. The number of benzene rings is 5. The van der Waals surface area contributed by atoms with Crippen molar-refractivity contribution in [1.82, 2.24) is 10.3 Å². The monoisotopic (exact) mass is 800 g/mol. The van der Waals surface area contributed by atoms with Crippen LogP contribution in [0.4, 0.5) is 11.4 Å². The number of carbonyl (C=O) groups excluding carboxylic acids is 2. The highest BCUT2D eigenvalue weighted by Crippen LogP contribution is 2.40. The lowest BCUT2D eigenvalue weighted by molar-refractivity contribution is -0.245. The summed E-state index contributed by atoms with van der Waals surface area (Å²) in [5.41, 5.74) is 14.1. The van der Waals surface area contributed by atoms with Gasteiger partial charge in [-0.3, -0.25) is 9.59 Å². The number of anilines is 2. The summed E-state index contributed by atoms with van der Waals surface area (Å²) in [5.74, 6) is 0.722. The number of para-hydroxylation sites is 3. The molecule has 0 spiro atoms. The van der Waals surface area contributed by atoms with Crippen molar-refractivity contribution in [2.24, 2.45) is 0 Å². The van der Waals surface area contributed by atoms with Crippen LogP contribution >= 0.6 is 23.1 Å². The van der Waals surface area contributed by atoms with E-state index in [1.165, 1.54) is 4.70 Å². The Kier molecular flexibility index (Phi) is 14.0. The molecule has 294 valence electrons. The smallest absolute Gasteiger partial charge is 0.224 e. The molecule has 2 heterocycles. The minimum Gasteiger partial charge on any atom is -0.397 e. The molecular formula is C46H48N4O5S2. The molecule has 0 radical (unpaired) electrons. The van der Waals surface area contributed by atoms with Crippen molar-refractivity contribution in [3.05, 3.63) is 144 Å². The number of fused-ring (bicyclic) bond motifs is 1. The fourth-order valence-corrected chi connectivity index (χ4v) is 8.94. The van der Waals surface area contributed by atoms with Gasteiger partial charge in [-0.15, -0.1) is 11.3 Å². The van der Waals surface area contributed by atoms with Gasteiger partial charge >= 0.3 is 0 Å². The second kappa shape index (κ2) is 19.9. The van der Waals surface area contributed by atoms with E-state index in [9.17, 15) is 14.7 Å². The topological polar surface area (TPSA) is 136 Å². The lowest BCUT2D eigenvalue weighted by atomic mass is 9.99. The van der Waals surface area contributed by atoms with Crippen molar-refractivity contribution in [3.8, 4) is 11.1 Å². The zero-order chi connectivity index (χ0) is 39.4. The number of nitrogens with one attached hydrogen (secondary N) is 2. The lowest BCUT2D eigenvalue weighted by Gasteiger charge is -2.36. The van der Waals surface area contributed by atoms with Gasteiger partial charge in [-0.05, 0) is 71.0 Å². The number of thioether (sulfide) groups is 1.